The first-order valence-electron chi connectivity index (χ1n) is 6.45. The van der Waals surface area contributed by atoms with E-state index in [1.165, 1.54) is 12.8 Å². The fraction of sp³-hybridized carbons (Fsp3) is 0.571. The molecule has 0 spiro atoms. The van der Waals surface area contributed by atoms with Crippen molar-refractivity contribution in [2.24, 2.45) is 11.3 Å². The molecule has 0 unspecified atom stereocenters. The molecule has 98 valence electrons. The number of aromatic nitrogens is 1. The Balaban J connectivity index is 2.00. The van der Waals surface area contributed by atoms with Crippen LogP contribution in [0.15, 0.2) is 12.3 Å². The van der Waals surface area contributed by atoms with E-state index in [4.69, 9.17) is 5.73 Å². The largest absolute Gasteiger partial charge is 0.398 e. The summed E-state index contributed by atoms with van der Waals surface area (Å²) in [6, 6.07) is 1.73. The molecule has 4 nitrogen and oxygen atoms in total. The Morgan fingerprint density at radius 2 is 2.22 bits per heavy atom. The molecular weight excluding hydrogens is 226 g/mol. The molecule has 1 aliphatic rings. The third-order valence-electron chi connectivity index (χ3n) is 4.04. The quantitative estimate of drug-likeness (QED) is 0.856. The maximum atomic E-state index is 12.0. The number of rotatable bonds is 4. The van der Waals surface area contributed by atoms with E-state index in [9.17, 15) is 4.79 Å². The number of aryl methyl sites for hydroxylation is 1. The molecule has 3 N–H and O–H groups in total. The first-order valence-corrected chi connectivity index (χ1v) is 6.45. The van der Waals surface area contributed by atoms with Crippen molar-refractivity contribution in [1.82, 2.24) is 10.3 Å². The van der Waals surface area contributed by atoms with E-state index >= 15 is 0 Å². The van der Waals surface area contributed by atoms with Crippen molar-refractivity contribution in [1.29, 1.82) is 0 Å². The second-order valence-electron chi connectivity index (χ2n) is 5.61. The summed E-state index contributed by atoms with van der Waals surface area (Å²) in [6.07, 6.45) is 3.95. The molecule has 0 aromatic carbocycles. The second-order valence-corrected chi connectivity index (χ2v) is 5.61. The fourth-order valence-electron chi connectivity index (χ4n) is 2.24. The third-order valence-corrected chi connectivity index (χ3v) is 4.04. The minimum absolute atomic E-state index is 0.119. The Bertz CT molecular complexity index is 464. The summed E-state index contributed by atoms with van der Waals surface area (Å²) in [7, 11) is 0. The second kappa shape index (κ2) is 4.59. The van der Waals surface area contributed by atoms with Crippen LogP contribution in [0.5, 0.6) is 0 Å². The fourth-order valence-corrected chi connectivity index (χ4v) is 2.24. The summed E-state index contributed by atoms with van der Waals surface area (Å²) in [4.78, 5) is 16.2. The SMILES string of the molecule is Cc1cc(N)c(C(=O)NCC2(C(C)C)CC2)cn1. The maximum Gasteiger partial charge on any atom is 0.254 e. The van der Waals surface area contributed by atoms with Crippen molar-refractivity contribution in [3.8, 4) is 0 Å². The number of pyridine rings is 1. The van der Waals surface area contributed by atoms with Crippen LogP contribution in [-0.2, 0) is 0 Å². The number of nitrogens with zero attached hydrogens (tertiary/aromatic N) is 1. The topological polar surface area (TPSA) is 68.0 Å². The maximum absolute atomic E-state index is 12.0. The molecule has 0 atom stereocenters. The summed E-state index contributed by atoms with van der Waals surface area (Å²) in [5.41, 5.74) is 7.94. The van der Waals surface area contributed by atoms with E-state index in [2.05, 4.69) is 24.1 Å². The highest BCUT2D eigenvalue weighted by Gasteiger charge is 2.45. The first-order chi connectivity index (χ1) is 8.44. The van der Waals surface area contributed by atoms with Gasteiger partial charge in [-0.05, 0) is 37.2 Å². The van der Waals surface area contributed by atoms with E-state index in [0.717, 1.165) is 12.2 Å². The lowest BCUT2D eigenvalue weighted by Crippen LogP contribution is -2.33. The van der Waals surface area contributed by atoms with Gasteiger partial charge < -0.3 is 11.1 Å². The number of amides is 1. The molecule has 1 aromatic rings. The Kier molecular flexibility index (Phi) is 3.28. The zero-order valence-electron chi connectivity index (χ0n) is 11.3. The minimum Gasteiger partial charge on any atom is -0.398 e. The lowest BCUT2D eigenvalue weighted by atomic mass is 9.92. The van der Waals surface area contributed by atoms with Gasteiger partial charge in [-0.3, -0.25) is 9.78 Å². The van der Waals surface area contributed by atoms with Crippen LogP contribution in [0.3, 0.4) is 0 Å². The molecular formula is C14H21N3O. The summed E-state index contributed by atoms with van der Waals surface area (Å²) in [5, 5.41) is 2.98. The molecule has 18 heavy (non-hydrogen) atoms. The minimum atomic E-state index is -0.119. The standard InChI is InChI=1S/C14H21N3O/c1-9(2)14(4-5-14)8-17-13(18)11-7-16-10(3)6-12(11)15/h6-7,9H,4-5,8H2,1-3H3,(H2,15,16)(H,17,18). The molecule has 1 aliphatic carbocycles. The average Bonchev–Trinajstić information content (AvgIpc) is 3.07. The van der Waals surface area contributed by atoms with Gasteiger partial charge in [-0.1, -0.05) is 13.8 Å². The number of nitrogen functional groups attached to an aromatic ring is 1. The predicted molar refractivity (Wildman–Crippen MR) is 72.2 cm³/mol. The van der Waals surface area contributed by atoms with Crippen molar-refractivity contribution in [2.75, 3.05) is 12.3 Å². The summed E-state index contributed by atoms with van der Waals surface area (Å²) >= 11 is 0. The molecule has 1 saturated carbocycles. The average molecular weight is 247 g/mol. The van der Waals surface area contributed by atoms with Gasteiger partial charge in [0.15, 0.2) is 0 Å². The highest BCUT2D eigenvalue weighted by Crippen LogP contribution is 2.51. The number of carbonyl (C=O) groups excluding carboxylic acids is 1. The van der Waals surface area contributed by atoms with Crippen LogP contribution in [0.4, 0.5) is 5.69 Å². The Hall–Kier alpha value is -1.58. The van der Waals surface area contributed by atoms with Gasteiger partial charge in [0.2, 0.25) is 0 Å². The van der Waals surface area contributed by atoms with Crippen LogP contribution in [0.2, 0.25) is 0 Å². The third kappa shape index (κ3) is 2.47. The van der Waals surface area contributed by atoms with E-state index in [1.807, 2.05) is 6.92 Å². The Morgan fingerprint density at radius 1 is 1.56 bits per heavy atom. The number of carbonyl (C=O) groups is 1. The Morgan fingerprint density at radius 3 is 2.72 bits per heavy atom. The molecule has 1 fully saturated rings. The summed E-state index contributed by atoms with van der Waals surface area (Å²) < 4.78 is 0. The highest BCUT2D eigenvalue weighted by molar-refractivity contribution is 5.98. The first kappa shape index (κ1) is 12.9. The smallest absolute Gasteiger partial charge is 0.254 e. The zero-order chi connectivity index (χ0) is 13.3. The number of hydrogen-bond donors (Lipinski definition) is 2. The molecule has 1 amide bonds. The van der Waals surface area contributed by atoms with Gasteiger partial charge in [0, 0.05) is 24.1 Å². The van der Waals surface area contributed by atoms with Gasteiger partial charge in [0.25, 0.3) is 5.91 Å². The molecule has 0 saturated heterocycles. The number of hydrogen-bond acceptors (Lipinski definition) is 3. The van der Waals surface area contributed by atoms with Crippen molar-refractivity contribution in [2.45, 2.75) is 33.6 Å². The number of nitrogens with two attached hydrogens (primary N) is 1. The van der Waals surface area contributed by atoms with Crippen LogP contribution < -0.4 is 11.1 Å². The lowest BCUT2D eigenvalue weighted by molar-refractivity contribution is 0.0940. The molecule has 0 aliphatic heterocycles. The van der Waals surface area contributed by atoms with E-state index in [-0.39, 0.29) is 5.91 Å². The van der Waals surface area contributed by atoms with Gasteiger partial charge in [-0.2, -0.15) is 0 Å². The highest BCUT2D eigenvalue weighted by atomic mass is 16.1. The molecule has 0 bridgehead atoms. The molecule has 0 radical (unpaired) electrons. The molecule has 4 heteroatoms. The Labute approximate surface area is 108 Å². The van der Waals surface area contributed by atoms with Crippen LogP contribution >= 0.6 is 0 Å². The normalized spacial score (nSPS) is 16.7. The number of nitrogens with one attached hydrogen (secondary N) is 1. The predicted octanol–water partition coefficient (Wildman–Crippen LogP) is 2.14. The van der Waals surface area contributed by atoms with Crippen molar-refractivity contribution in [3.05, 3.63) is 23.5 Å². The van der Waals surface area contributed by atoms with Gasteiger partial charge in [-0.15, -0.1) is 0 Å². The van der Waals surface area contributed by atoms with E-state index < -0.39 is 0 Å². The van der Waals surface area contributed by atoms with Crippen LogP contribution in [0.25, 0.3) is 0 Å². The van der Waals surface area contributed by atoms with E-state index in [0.29, 0.717) is 22.6 Å². The van der Waals surface area contributed by atoms with Crippen LogP contribution in [0.1, 0.15) is 42.7 Å². The lowest BCUT2D eigenvalue weighted by Gasteiger charge is -2.20. The molecule has 1 aromatic heterocycles. The molecule has 2 rings (SSSR count). The van der Waals surface area contributed by atoms with Crippen molar-refractivity contribution < 1.29 is 4.79 Å². The van der Waals surface area contributed by atoms with Crippen LogP contribution in [-0.4, -0.2) is 17.4 Å². The van der Waals surface area contributed by atoms with Crippen LogP contribution in [0, 0.1) is 18.3 Å². The van der Waals surface area contributed by atoms with Gasteiger partial charge in [-0.25, -0.2) is 0 Å². The zero-order valence-corrected chi connectivity index (χ0v) is 11.3. The van der Waals surface area contributed by atoms with Gasteiger partial charge in [0.05, 0.1) is 5.56 Å². The van der Waals surface area contributed by atoms with Crippen molar-refractivity contribution in [3.63, 3.8) is 0 Å². The van der Waals surface area contributed by atoms with Gasteiger partial charge in [0.1, 0.15) is 0 Å². The van der Waals surface area contributed by atoms with Gasteiger partial charge >= 0.3 is 0 Å². The van der Waals surface area contributed by atoms with E-state index in [1.54, 1.807) is 12.3 Å². The number of anilines is 1. The summed E-state index contributed by atoms with van der Waals surface area (Å²) in [5.74, 6) is 0.484. The summed E-state index contributed by atoms with van der Waals surface area (Å²) in [6.45, 7) is 7.01. The molecule has 1 heterocycles. The van der Waals surface area contributed by atoms with Crippen molar-refractivity contribution >= 4 is 11.6 Å². The monoisotopic (exact) mass is 247 g/mol.